The number of fused-ring (bicyclic) bond motifs is 1. The SMILES string of the molecule is CN1Cc2cc(NCC(O)CO)ccc2CC1=O. The van der Waals surface area contributed by atoms with Gasteiger partial charge in [-0.3, -0.25) is 4.79 Å². The Labute approximate surface area is 106 Å². The maximum atomic E-state index is 11.5. The lowest BCUT2D eigenvalue weighted by molar-refractivity contribution is -0.130. The summed E-state index contributed by atoms with van der Waals surface area (Å²) in [4.78, 5) is 13.2. The third-order valence-electron chi connectivity index (χ3n) is 3.13. The zero-order valence-corrected chi connectivity index (χ0v) is 10.4. The second-order valence-electron chi connectivity index (χ2n) is 4.63. The first-order valence-electron chi connectivity index (χ1n) is 5.98. The number of nitrogens with zero attached hydrogens (tertiary/aromatic N) is 1. The minimum atomic E-state index is -0.759. The summed E-state index contributed by atoms with van der Waals surface area (Å²) in [5.41, 5.74) is 3.08. The van der Waals surface area contributed by atoms with E-state index in [0.717, 1.165) is 16.8 Å². The molecule has 1 aromatic rings. The fraction of sp³-hybridized carbons (Fsp3) is 0.462. The van der Waals surface area contributed by atoms with Gasteiger partial charge in [0.2, 0.25) is 5.91 Å². The molecule has 1 aliphatic heterocycles. The van der Waals surface area contributed by atoms with Gasteiger partial charge >= 0.3 is 0 Å². The van der Waals surface area contributed by atoms with Crippen molar-refractivity contribution >= 4 is 11.6 Å². The average Bonchev–Trinajstić information content (AvgIpc) is 2.37. The van der Waals surface area contributed by atoms with Crippen LogP contribution in [-0.2, 0) is 17.8 Å². The zero-order valence-electron chi connectivity index (χ0n) is 10.4. The highest BCUT2D eigenvalue weighted by Crippen LogP contribution is 2.22. The minimum Gasteiger partial charge on any atom is -0.394 e. The topological polar surface area (TPSA) is 72.8 Å². The lowest BCUT2D eigenvalue weighted by Gasteiger charge is -2.25. The highest BCUT2D eigenvalue weighted by molar-refractivity contribution is 5.81. The van der Waals surface area contributed by atoms with Crippen molar-refractivity contribution in [1.82, 2.24) is 4.90 Å². The number of carbonyl (C=O) groups is 1. The van der Waals surface area contributed by atoms with Gasteiger partial charge in [0.1, 0.15) is 0 Å². The van der Waals surface area contributed by atoms with Gasteiger partial charge in [-0.25, -0.2) is 0 Å². The molecule has 0 bridgehead atoms. The predicted molar refractivity (Wildman–Crippen MR) is 68.2 cm³/mol. The van der Waals surface area contributed by atoms with Crippen LogP contribution in [0.15, 0.2) is 18.2 Å². The van der Waals surface area contributed by atoms with Gasteiger partial charge in [0.15, 0.2) is 0 Å². The molecule has 5 nitrogen and oxygen atoms in total. The average molecular weight is 250 g/mol. The van der Waals surface area contributed by atoms with Crippen LogP contribution in [0.3, 0.4) is 0 Å². The van der Waals surface area contributed by atoms with Gasteiger partial charge in [-0.1, -0.05) is 6.07 Å². The highest BCUT2D eigenvalue weighted by Gasteiger charge is 2.19. The van der Waals surface area contributed by atoms with Crippen molar-refractivity contribution in [2.75, 3.05) is 25.5 Å². The predicted octanol–water partition coefficient (Wildman–Crippen LogP) is -0.0338. The molecule has 1 heterocycles. The van der Waals surface area contributed by atoms with Crippen molar-refractivity contribution in [3.8, 4) is 0 Å². The molecule has 0 aliphatic carbocycles. The Kier molecular flexibility index (Phi) is 3.84. The largest absolute Gasteiger partial charge is 0.394 e. The second-order valence-corrected chi connectivity index (χ2v) is 4.63. The molecule has 0 aromatic heterocycles. The summed E-state index contributed by atoms with van der Waals surface area (Å²) in [5.74, 6) is 0.138. The smallest absolute Gasteiger partial charge is 0.227 e. The van der Waals surface area contributed by atoms with Crippen molar-refractivity contribution in [3.63, 3.8) is 0 Å². The van der Waals surface area contributed by atoms with Crippen LogP contribution in [0.5, 0.6) is 0 Å². The van der Waals surface area contributed by atoms with E-state index in [1.807, 2.05) is 18.2 Å². The molecule has 2 rings (SSSR count). The Hall–Kier alpha value is -1.59. The fourth-order valence-corrected chi connectivity index (χ4v) is 2.00. The summed E-state index contributed by atoms with van der Waals surface area (Å²) in [6, 6.07) is 5.82. The summed E-state index contributed by atoms with van der Waals surface area (Å²) in [5, 5.41) is 21.1. The molecule has 1 aromatic carbocycles. The van der Waals surface area contributed by atoms with Crippen molar-refractivity contribution in [1.29, 1.82) is 0 Å². The molecule has 0 saturated carbocycles. The molecule has 1 unspecified atom stereocenters. The van der Waals surface area contributed by atoms with Crippen LogP contribution in [0, 0.1) is 0 Å². The van der Waals surface area contributed by atoms with Crippen molar-refractivity contribution < 1.29 is 15.0 Å². The molecular weight excluding hydrogens is 232 g/mol. The van der Waals surface area contributed by atoms with Crippen molar-refractivity contribution in [2.24, 2.45) is 0 Å². The molecule has 1 atom stereocenters. The van der Waals surface area contributed by atoms with E-state index in [1.54, 1.807) is 11.9 Å². The van der Waals surface area contributed by atoms with E-state index in [2.05, 4.69) is 5.32 Å². The van der Waals surface area contributed by atoms with Crippen molar-refractivity contribution in [3.05, 3.63) is 29.3 Å². The fourth-order valence-electron chi connectivity index (χ4n) is 2.00. The lowest BCUT2D eigenvalue weighted by Crippen LogP contribution is -2.32. The first-order chi connectivity index (χ1) is 8.60. The summed E-state index contributed by atoms with van der Waals surface area (Å²) < 4.78 is 0. The van der Waals surface area contributed by atoms with Crippen LogP contribution in [0.1, 0.15) is 11.1 Å². The summed E-state index contributed by atoms with van der Waals surface area (Å²) in [6.07, 6.45) is -0.309. The van der Waals surface area contributed by atoms with Crippen LogP contribution in [0.25, 0.3) is 0 Å². The first kappa shape index (κ1) is 12.9. The first-order valence-corrected chi connectivity index (χ1v) is 5.98. The molecule has 0 fully saturated rings. The number of aliphatic hydroxyl groups excluding tert-OH is 2. The van der Waals surface area contributed by atoms with E-state index in [4.69, 9.17) is 5.11 Å². The van der Waals surface area contributed by atoms with Gasteiger partial charge in [-0.15, -0.1) is 0 Å². The Bertz CT molecular complexity index is 448. The maximum absolute atomic E-state index is 11.5. The lowest BCUT2D eigenvalue weighted by atomic mass is 9.99. The number of benzene rings is 1. The molecule has 1 amide bonds. The van der Waals surface area contributed by atoms with Gasteiger partial charge < -0.3 is 20.4 Å². The summed E-state index contributed by atoms with van der Waals surface area (Å²) in [7, 11) is 1.79. The van der Waals surface area contributed by atoms with Crippen LogP contribution in [-0.4, -0.2) is 47.3 Å². The molecule has 0 radical (unpaired) electrons. The third kappa shape index (κ3) is 2.80. The molecule has 0 spiro atoms. The standard InChI is InChI=1S/C13H18N2O3/c1-15-7-10-4-11(14-6-12(17)8-16)3-2-9(10)5-13(15)18/h2-4,12,14,16-17H,5-8H2,1H3. The van der Waals surface area contributed by atoms with E-state index >= 15 is 0 Å². The van der Waals surface area contributed by atoms with Crippen LogP contribution < -0.4 is 5.32 Å². The highest BCUT2D eigenvalue weighted by atomic mass is 16.3. The third-order valence-corrected chi connectivity index (χ3v) is 3.13. The monoisotopic (exact) mass is 250 g/mol. The maximum Gasteiger partial charge on any atom is 0.227 e. The number of hydrogen-bond donors (Lipinski definition) is 3. The van der Waals surface area contributed by atoms with Gasteiger partial charge in [0.05, 0.1) is 19.1 Å². The number of amides is 1. The Balaban J connectivity index is 2.08. The van der Waals surface area contributed by atoms with Gasteiger partial charge in [-0.05, 0) is 23.3 Å². The van der Waals surface area contributed by atoms with Gasteiger partial charge in [-0.2, -0.15) is 0 Å². The molecule has 0 saturated heterocycles. The van der Waals surface area contributed by atoms with E-state index in [9.17, 15) is 9.90 Å². The van der Waals surface area contributed by atoms with Crippen LogP contribution >= 0.6 is 0 Å². The number of nitrogens with one attached hydrogen (secondary N) is 1. The van der Waals surface area contributed by atoms with E-state index in [1.165, 1.54) is 0 Å². The molecule has 18 heavy (non-hydrogen) atoms. The molecule has 1 aliphatic rings. The van der Waals surface area contributed by atoms with Crippen LogP contribution in [0.4, 0.5) is 5.69 Å². The second kappa shape index (κ2) is 5.37. The number of rotatable bonds is 4. The molecule has 5 heteroatoms. The molecular formula is C13H18N2O3. The number of aliphatic hydroxyl groups is 2. The molecule has 98 valence electrons. The van der Waals surface area contributed by atoms with Gasteiger partial charge in [0, 0.05) is 25.8 Å². The van der Waals surface area contributed by atoms with E-state index in [-0.39, 0.29) is 12.5 Å². The summed E-state index contributed by atoms with van der Waals surface area (Å²) >= 11 is 0. The number of likely N-dealkylation sites (N-methyl/N-ethyl adjacent to an activating group) is 1. The van der Waals surface area contributed by atoms with Crippen LogP contribution in [0.2, 0.25) is 0 Å². The Morgan fingerprint density at radius 1 is 1.44 bits per heavy atom. The molecule has 3 N–H and O–H groups in total. The zero-order chi connectivity index (χ0) is 13.1. The van der Waals surface area contributed by atoms with Crippen molar-refractivity contribution in [2.45, 2.75) is 19.1 Å². The quantitative estimate of drug-likeness (QED) is 0.701. The Morgan fingerprint density at radius 2 is 2.22 bits per heavy atom. The van der Waals surface area contributed by atoms with E-state index < -0.39 is 6.10 Å². The number of anilines is 1. The number of hydrogen-bond acceptors (Lipinski definition) is 4. The number of carbonyl (C=O) groups excluding carboxylic acids is 1. The van der Waals surface area contributed by atoms with Gasteiger partial charge in [0.25, 0.3) is 0 Å². The normalized spacial score (nSPS) is 16.4. The minimum absolute atomic E-state index is 0.138. The van der Waals surface area contributed by atoms with E-state index in [0.29, 0.717) is 19.5 Å². The summed E-state index contributed by atoms with van der Waals surface area (Å²) in [6.45, 7) is 0.672. The Morgan fingerprint density at radius 3 is 2.94 bits per heavy atom.